The van der Waals surface area contributed by atoms with Crippen LogP contribution in [0.15, 0.2) is 77.7 Å². The molecule has 7 heteroatoms. The molecule has 1 heterocycles. The third kappa shape index (κ3) is 4.62. The van der Waals surface area contributed by atoms with E-state index < -0.39 is 10.0 Å². The second-order valence-electron chi connectivity index (χ2n) is 7.49. The number of H-pyrrole nitrogens is 1. The van der Waals surface area contributed by atoms with Crippen LogP contribution in [0.5, 0.6) is 0 Å². The number of sulfonamides is 1. The lowest BCUT2D eigenvalue weighted by Gasteiger charge is -2.10. The van der Waals surface area contributed by atoms with Crippen molar-refractivity contribution in [1.82, 2.24) is 4.98 Å². The van der Waals surface area contributed by atoms with Gasteiger partial charge >= 0.3 is 0 Å². The highest BCUT2D eigenvalue weighted by atomic mass is 32.2. The van der Waals surface area contributed by atoms with E-state index in [9.17, 15) is 13.2 Å². The molecule has 0 bridgehead atoms. The van der Waals surface area contributed by atoms with Gasteiger partial charge in [-0.3, -0.25) is 9.52 Å². The van der Waals surface area contributed by atoms with Crippen molar-refractivity contribution in [3.8, 4) is 0 Å². The molecule has 1 aromatic heterocycles. The van der Waals surface area contributed by atoms with E-state index in [2.05, 4.69) is 15.0 Å². The molecule has 0 atom stereocenters. The number of fused-ring (bicyclic) bond motifs is 1. The molecule has 158 valence electrons. The first-order valence-electron chi connectivity index (χ1n) is 9.87. The van der Waals surface area contributed by atoms with Gasteiger partial charge in [-0.1, -0.05) is 35.9 Å². The second kappa shape index (κ2) is 8.28. The zero-order valence-corrected chi connectivity index (χ0v) is 18.1. The molecule has 4 aromatic rings. The molecule has 0 aliphatic rings. The van der Waals surface area contributed by atoms with E-state index in [0.29, 0.717) is 11.4 Å². The predicted molar refractivity (Wildman–Crippen MR) is 124 cm³/mol. The van der Waals surface area contributed by atoms with Crippen LogP contribution < -0.4 is 10.0 Å². The Hall–Kier alpha value is -3.58. The van der Waals surface area contributed by atoms with Gasteiger partial charge < -0.3 is 10.3 Å². The molecule has 6 nitrogen and oxygen atoms in total. The van der Waals surface area contributed by atoms with Crippen LogP contribution in [0.3, 0.4) is 0 Å². The third-order valence-electron chi connectivity index (χ3n) is 5.12. The van der Waals surface area contributed by atoms with E-state index in [-0.39, 0.29) is 17.2 Å². The molecule has 0 radical (unpaired) electrons. The molecule has 0 saturated heterocycles. The lowest BCUT2D eigenvalue weighted by molar-refractivity contribution is -0.115. The van der Waals surface area contributed by atoms with Gasteiger partial charge in [0.05, 0.1) is 11.3 Å². The summed E-state index contributed by atoms with van der Waals surface area (Å²) in [4.78, 5) is 16.1. The van der Waals surface area contributed by atoms with Gasteiger partial charge in [0.1, 0.15) is 0 Å². The van der Waals surface area contributed by atoms with E-state index in [4.69, 9.17) is 0 Å². The molecule has 31 heavy (non-hydrogen) atoms. The topological polar surface area (TPSA) is 91.1 Å². The molecular formula is C24H23N3O3S. The number of hydrogen-bond donors (Lipinski definition) is 3. The van der Waals surface area contributed by atoms with Crippen molar-refractivity contribution in [3.05, 3.63) is 89.6 Å². The van der Waals surface area contributed by atoms with Gasteiger partial charge in [0.15, 0.2) is 0 Å². The standard InChI is InChI=1S/C24H23N3O3S/c1-16-7-13-20(14-8-16)31(29,30)27-19-11-9-18(10-12-19)26-24(28)15-22-17(2)25-23-6-4-3-5-21(22)23/h3-14,25,27H,15H2,1-2H3,(H,26,28). The monoisotopic (exact) mass is 433 g/mol. The molecule has 0 unspecified atom stereocenters. The van der Waals surface area contributed by atoms with Gasteiger partial charge in [-0.05, 0) is 61.9 Å². The number of amides is 1. The zero-order chi connectivity index (χ0) is 22.0. The fraction of sp³-hybridized carbons (Fsp3) is 0.125. The van der Waals surface area contributed by atoms with Crippen molar-refractivity contribution < 1.29 is 13.2 Å². The van der Waals surface area contributed by atoms with Crippen molar-refractivity contribution in [2.45, 2.75) is 25.2 Å². The first kappa shape index (κ1) is 20.7. The van der Waals surface area contributed by atoms with E-state index in [1.54, 1.807) is 48.5 Å². The van der Waals surface area contributed by atoms with Crippen LogP contribution >= 0.6 is 0 Å². The summed E-state index contributed by atoms with van der Waals surface area (Å²) < 4.78 is 27.6. The van der Waals surface area contributed by atoms with Crippen molar-refractivity contribution in [2.24, 2.45) is 0 Å². The average Bonchev–Trinajstić information content (AvgIpc) is 3.05. The average molecular weight is 434 g/mol. The van der Waals surface area contributed by atoms with Crippen LogP contribution in [-0.2, 0) is 21.2 Å². The zero-order valence-electron chi connectivity index (χ0n) is 17.3. The van der Waals surface area contributed by atoms with Gasteiger partial charge in [0.2, 0.25) is 5.91 Å². The van der Waals surface area contributed by atoms with Crippen LogP contribution in [0, 0.1) is 13.8 Å². The predicted octanol–water partition coefficient (Wildman–Crippen LogP) is 4.77. The van der Waals surface area contributed by atoms with Crippen LogP contribution in [0.2, 0.25) is 0 Å². The summed E-state index contributed by atoms with van der Waals surface area (Å²) in [5, 5.41) is 3.91. The molecule has 0 spiro atoms. The Kier molecular flexibility index (Phi) is 5.52. The van der Waals surface area contributed by atoms with E-state index in [1.165, 1.54) is 0 Å². The number of carbonyl (C=O) groups excluding carboxylic acids is 1. The van der Waals surface area contributed by atoms with Crippen LogP contribution in [0.4, 0.5) is 11.4 Å². The highest BCUT2D eigenvalue weighted by Crippen LogP contribution is 2.23. The summed E-state index contributed by atoms with van der Waals surface area (Å²) in [7, 11) is -3.67. The summed E-state index contributed by atoms with van der Waals surface area (Å²) in [5.41, 5.74) is 4.95. The number of aromatic amines is 1. The SMILES string of the molecule is Cc1ccc(S(=O)(=O)Nc2ccc(NC(=O)Cc3c(C)[nH]c4ccccc34)cc2)cc1. The first-order valence-corrected chi connectivity index (χ1v) is 11.4. The third-order valence-corrected chi connectivity index (χ3v) is 6.51. The number of aromatic nitrogens is 1. The molecule has 4 rings (SSSR count). The minimum Gasteiger partial charge on any atom is -0.358 e. The molecule has 0 saturated carbocycles. The van der Waals surface area contributed by atoms with Gasteiger partial charge in [0.25, 0.3) is 10.0 Å². The van der Waals surface area contributed by atoms with Gasteiger partial charge in [-0.2, -0.15) is 0 Å². The highest BCUT2D eigenvalue weighted by molar-refractivity contribution is 7.92. The van der Waals surface area contributed by atoms with E-state index in [0.717, 1.165) is 27.7 Å². The number of aryl methyl sites for hydroxylation is 2. The van der Waals surface area contributed by atoms with Gasteiger partial charge in [-0.15, -0.1) is 0 Å². The van der Waals surface area contributed by atoms with Crippen LogP contribution in [0.25, 0.3) is 10.9 Å². The number of anilines is 2. The van der Waals surface area contributed by atoms with Gasteiger partial charge in [0, 0.05) is 28.0 Å². The first-order chi connectivity index (χ1) is 14.8. The fourth-order valence-corrected chi connectivity index (χ4v) is 4.54. The van der Waals surface area contributed by atoms with Crippen molar-refractivity contribution in [1.29, 1.82) is 0 Å². The quantitative estimate of drug-likeness (QED) is 0.409. The number of carbonyl (C=O) groups is 1. The van der Waals surface area contributed by atoms with Crippen LogP contribution in [-0.4, -0.2) is 19.3 Å². The number of nitrogens with one attached hydrogen (secondary N) is 3. The smallest absolute Gasteiger partial charge is 0.261 e. The maximum Gasteiger partial charge on any atom is 0.261 e. The molecule has 0 fully saturated rings. The Morgan fingerprint density at radius 2 is 1.52 bits per heavy atom. The Balaban J connectivity index is 1.43. The highest BCUT2D eigenvalue weighted by Gasteiger charge is 2.15. The summed E-state index contributed by atoms with van der Waals surface area (Å²) in [6, 6.07) is 21.1. The molecule has 0 aliphatic heterocycles. The summed E-state index contributed by atoms with van der Waals surface area (Å²) >= 11 is 0. The number of para-hydroxylation sites is 1. The van der Waals surface area contributed by atoms with Crippen LogP contribution in [0.1, 0.15) is 16.8 Å². The minimum atomic E-state index is -3.67. The summed E-state index contributed by atoms with van der Waals surface area (Å²) in [6.45, 7) is 3.86. The molecule has 3 aromatic carbocycles. The molecule has 0 aliphatic carbocycles. The van der Waals surface area contributed by atoms with Crippen molar-refractivity contribution in [2.75, 3.05) is 10.0 Å². The maximum atomic E-state index is 12.6. The molecule has 1 amide bonds. The van der Waals surface area contributed by atoms with Crippen molar-refractivity contribution >= 4 is 38.2 Å². The largest absolute Gasteiger partial charge is 0.358 e. The summed E-state index contributed by atoms with van der Waals surface area (Å²) in [6.07, 6.45) is 0.248. The minimum absolute atomic E-state index is 0.138. The maximum absolute atomic E-state index is 12.6. The number of benzene rings is 3. The van der Waals surface area contributed by atoms with Gasteiger partial charge in [-0.25, -0.2) is 8.42 Å². The Bertz CT molecular complexity index is 1340. The Labute approximate surface area is 181 Å². The number of rotatable bonds is 6. The Morgan fingerprint density at radius 3 is 2.23 bits per heavy atom. The van der Waals surface area contributed by atoms with E-state index in [1.807, 2.05) is 38.1 Å². The normalized spacial score (nSPS) is 11.4. The molecule has 3 N–H and O–H groups in total. The number of hydrogen-bond acceptors (Lipinski definition) is 3. The summed E-state index contributed by atoms with van der Waals surface area (Å²) in [5.74, 6) is -0.138. The lowest BCUT2D eigenvalue weighted by Crippen LogP contribution is -2.15. The van der Waals surface area contributed by atoms with Crippen molar-refractivity contribution in [3.63, 3.8) is 0 Å². The lowest BCUT2D eigenvalue weighted by atomic mass is 10.1. The fourth-order valence-electron chi connectivity index (χ4n) is 3.48. The molecular weight excluding hydrogens is 410 g/mol. The second-order valence-corrected chi connectivity index (χ2v) is 9.18. The van der Waals surface area contributed by atoms with E-state index >= 15 is 0 Å². The Morgan fingerprint density at radius 1 is 0.871 bits per heavy atom.